The predicted octanol–water partition coefficient (Wildman–Crippen LogP) is 2.54. The van der Waals surface area contributed by atoms with Gasteiger partial charge in [0.25, 0.3) is 0 Å². The van der Waals surface area contributed by atoms with Gasteiger partial charge in [-0.2, -0.15) is 0 Å². The molecular weight excluding hydrogens is 216 g/mol. The second-order valence-corrected chi connectivity index (χ2v) is 4.69. The topological polar surface area (TPSA) is 54.6 Å². The number of nitrogens with zero attached hydrogens (tertiary/aromatic N) is 2. The van der Waals surface area contributed by atoms with E-state index in [4.69, 9.17) is 5.11 Å². The Morgan fingerprint density at radius 1 is 1.53 bits per heavy atom. The molecule has 2 aromatic heterocycles. The SMILES string of the molecule is Cc1nc(CC(C)C)n2ccc(C(=O)O)cc12. The summed E-state index contributed by atoms with van der Waals surface area (Å²) in [6.45, 7) is 6.19. The van der Waals surface area contributed by atoms with Gasteiger partial charge in [-0.15, -0.1) is 0 Å². The van der Waals surface area contributed by atoms with Crippen LogP contribution in [0.15, 0.2) is 18.3 Å². The van der Waals surface area contributed by atoms with Gasteiger partial charge in [-0.1, -0.05) is 13.8 Å². The number of hydrogen-bond donors (Lipinski definition) is 1. The minimum Gasteiger partial charge on any atom is -0.478 e. The standard InChI is InChI=1S/C13H16N2O2/c1-8(2)6-12-14-9(3)11-7-10(13(16)17)4-5-15(11)12/h4-5,7-8H,6H2,1-3H3,(H,16,17). The molecule has 0 aliphatic heterocycles. The maximum absolute atomic E-state index is 10.9. The van der Waals surface area contributed by atoms with Gasteiger partial charge in [0.2, 0.25) is 0 Å². The molecule has 2 rings (SSSR count). The average Bonchev–Trinajstić information content (AvgIpc) is 2.54. The van der Waals surface area contributed by atoms with Crippen molar-refractivity contribution < 1.29 is 9.90 Å². The first-order valence-corrected chi connectivity index (χ1v) is 5.70. The smallest absolute Gasteiger partial charge is 0.335 e. The zero-order valence-electron chi connectivity index (χ0n) is 10.3. The first kappa shape index (κ1) is 11.6. The van der Waals surface area contributed by atoms with Crippen molar-refractivity contribution in [2.24, 2.45) is 5.92 Å². The number of carboxylic acid groups (broad SMARTS) is 1. The molecule has 17 heavy (non-hydrogen) atoms. The molecule has 0 saturated carbocycles. The zero-order valence-corrected chi connectivity index (χ0v) is 10.3. The highest BCUT2D eigenvalue weighted by Gasteiger charge is 2.11. The molecule has 0 unspecified atom stereocenters. The summed E-state index contributed by atoms with van der Waals surface area (Å²) < 4.78 is 1.97. The summed E-state index contributed by atoms with van der Waals surface area (Å²) in [6.07, 6.45) is 2.68. The van der Waals surface area contributed by atoms with Gasteiger partial charge >= 0.3 is 5.97 Å². The summed E-state index contributed by atoms with van der Waals surface area (Å²) in [5, 5.41) is 8.96. The third-order valence-electron chi connectivity index (χ3n) is 2.74. The van der Waals surface area contributed by atoms with E-state index >= 15 is 0 Å². The van der Waals surface area contributed by atoms with Crippen molar-refractivity contribution in [3.63, 3.8) is 0 Å². The van der Waals surface area contributed by atoms with Crippen molar-refractivity contribution in [1.29, 1.82) is 0 Å². The number of fused-ring (bicyclic) bond motifs is 1. The van der Waals surface area contributed by atoms with Gasteiger partial charge in [0.15, 0.2) is 0 Å². The number of aryl methyl sites for hydroxylation is 1. The highest BCUT2D eigenvalue weighted by molar-refractivity contribution is 5.89. The molecule has 90 valence electrons. The average molecular weight is 232 g/mol. The quantitative estimate of drug-likeness (QED) is 0.884. The third-order valence-corrected chi connectivity index (χ3v) is 2.74. The van der Waals surface area contributed by atoms with E-state index in [0.717, 1.165) is 23.5 Å². The molecule has 4 nitrogen and oxygen atoms in total. The largest absolute Gasteiger partial charge is 0.478 e. The van der Waals surface area contributed by atoms with E-state index in [9.17, 15) is 4.79 Å². The number of aromatic nitrogens is 2. The van der Waals surface area contributed by atoms with E-state index in [2.05, 4.69) is 18.8 Å². The molecule has 0 bridgehead atoms. The second kappa shape index (κ2) is 4.20. The number of aromatic carboxylic acids is 1. The second-order valence-electron chi connectivity index (χ2n) is 4.69. The number of hydrogen-bond acceptors (Lipinski definition) is 2. The van der Waals surface area contributed by atoms with Crippen molar-refractivity contribution in [2.75, 3.05) is 0 Å². The molecule has 0 atom stereocenters. The first-order chi connectivity index (χ1) is 7.99. The number of pyridine rings is 1. The third kappa shape index (κ3) is 2.16. The van der Waals surface area contributed by atoms with Crippen LogP contribution in [0.4, 0.5) is 0 Å². The minimum absolute atomic E-state index is 0.302. The molecule has 0 amide bonds. The van der Waals surface area contributed by atoms with Crippen LogP contribution in [0.3, 0.4) is 0 Å². The van der Waals surface area contributed by atoms with Gasteiger partial charge in [-0.05, 0) is 25.0 Å². The molecule has 0 aromatic carbocycles. The summed E-state index contributed by atoms with van der Waals surface area (Å²) in [7, 11) is 0. The lowest BCUT2D eigenvalue weighted by Gasteiger charge is -2.04. The number of carboxylic acids is 1. The maximum Gasteiger partial charge on any atom is 0.335 e. The van der Waals surface area contributed by atoms with Crippen molar-refractivity contribution >= 4 is 11.5 Å². The Hall–Kier alpha value is -1.84. The molecule has 1 N–H and O–H groups in total. The highest BCUT2D eigenvalue weighted by Crippen LogP contribution is 2.17. The predicted molar refractivity (Wildman–Crippen MR) is 65.4 cm³/mol. The van der Waals surface area contributed by atoms with Crippen LogP contribution in [-0.2, 0) is 6.42 Å². The Bertz CT molecular complexity index is 570. The van der Waals surface area contributed by atoms with Gasteiger partial charge in [-0.25, -0.2) is 9.78 Å². The van der Waals surface area contributed by atoms with Gasteiger partial charge in [0.1, 0.15) is 5.82 Å². The summed E-state index contributed by atoms with van der Waals surface area (Å²) >= 11 is 0. The van der Waals surface area contributed by atoms with E-state index in [1.54, 1.807) is 18.3 Å². The van der Waals surface area contributed by atoms with E-state index in [-0.39, 0.29) is 0 Å². The van der Waals surface area contributed by atoms with E-state index in [1.807, 2.05) is 11.3 Å². The molecule has 0 fully saturated rings. The molecule has 2 heterocycles. The number of imidazole rings is 1. The Labute approximate surface area is 99.9 Å². The van der Waals surface area contributed by atoms with Crippen LogP contribution in [0, 0.1) is 12.8 Å². The Balaban J connectivity index is 2.57. The highest BCUT2D eigenvalue weighted by atomic mass is 16.4. The van der Waals surface area contributed by atoms with E-state index in [0.29, 0.717) is 11.5 Å². The first-order valence-electron chi connectivity index (χ1n) is 5.70. The summed E-state index contributed by atoms with van der Waals surface area (Å²) in [4.78, 5) is 15.4. The molecule has 0 saturated heterocycles. The molecule has 0 aliphatic rings. The number of rotatable bonds is 3. The van der Waals surface area contributed by atoms with Gasteiger partial charge in [0, 0.05) is 12.6 Å². The summed E-state index contributed by atoms with van der Waals surface area (Å²) in [5.74, 6) is 0.613. The van der Waals surface area contributed by atoms with Crippen molar-refractivity contribution in [1.82, 2.24) is 9.38 Å². The molecular formula is C13H16N2O2. The maximum atomic E-state index is 10.9. The zero-order chi connectivity index (χ0) is 12.6. The monoisotopic (exact) mass is 232 g/mol. The molecule has 0 radical (unpaired) electrons. The van der Waals surface area contributed by atoms with Crippen LogP contribution in [0.1, 0.15) is 35.7 Å². The molecule has 0 spiro atoms. The van der Waals surface area contributed by atoms with Crippen LogP contribution in [-0.4, -0.2) is 20.5 Å². The van der Waals surface area contributed by atoms with Crippen molar-refractivity contribution in [3.05, 3.63) is 35.4 Å². The summed E-state index contributed by atoms with van der Waals surface area (Å²) in [5.41, 5.74) is 2.06. The molecule has 2 aromatic rings. The fraction of sp³-hybridized carbons (Fsp3) is 0.385. The van der Waals surface area contributed by atoms with Crippen LogP contribution in [0.5, 0.6) is 0 Å². The fourth-order valence-electron chi connectivity index (χ4n) is 1.95. The Morgan fingerprint density at radius 2 is 2.24 bits per heavy atom. The van der Waals surface area contributed by atoms with Crippen molar-refractivity contribution in [2.45, 2.75) is 27.2 Å². The van der Waals surface area contributed by atoms with Crippen LogP contribution < -0.4 is 0 Å². The molecule has 0 aliphatic carbocycles. The normalized spacial score (nSPS) is 11.3. The lowest BCUT2D eigenvalue weighted by atomic mass is 10.1. The van der Waals surface area contributed by atoms with E-state index in [1.165, 1.54) is 0 Å². The summed E-state index contributed by atoms with van der Waals surface area (Å²) in [6, 6.07) is 3.29. The van der Waals surface area contributed by atoms with Crippen LogP contribution in [0.2, 0.25) is 0 Å². The van der Waals surface area contributed by atoms with Gasteiger partial charge in [-0.3, -0.25) is 0 Å². The van der Waals surface area contributed by atoms with Crippen molar-refractivity contribution in [3.8, 4) is 0 Å². The van der Waals surface area contributed by atoms with E-state index < -0.39 is 5.97 Å². The molecule has 4 heteroatoms. The lowest BCUT2D eigenvalue weighted by molar-refractivity contribution is 0.0697. The lowest BCUT2D eigenvalue weighted by Crippen LogP contribution is -2.02. The van der Waals surface area contributed by atoms with Crippen LogP contribution >= 0.6 is 0 Å². The fourth-order valence-corrected chi connectivity index (χ4v) is 1.95. The Kier molecular flexibility index (Phi) is 2.88. The van der Waals surface area contributed by atoms with Gasteiger partial charge < -0.3 is 9.51 Å². The van der Waals surface area contributed by atoms with Gasteiger partial charge in [0.05, 0.1) is 16.8 Å². The Morgan fingerprint density at radius 3 is 2.82 bits per heavy atom. The minimum atomic E-state index is -0.904. The number of carbonyl (C=O) groups is 1. The van der Waals surface area contributed by atoms with Crippen LogP contribution in [0.25, 0.3) is 5.52 Å².